The Labute approximate surface area is 146 Å². The van der Waals surface area contributed by atoms with Gasteiger partial charge in [-0.3, -0.25) is 4.79 Å². The summed E-state index contributed by atoms with van der Waals surface area (Å²) >= 11 is 7.64. The normalized spacial score (nSPS) is 16.6. The number of halogens is 1. The number of methoxy groups -OCH3 is 1. The van der Waals surface area contributed by atoms with Crippen molar-refractivity contribution in [2.24, 2.45) is 0 Å². The lowest BCUT2D eigenvalue weighted by Gasteiger charge is -2.35. The zero-order chi connectivity index (χ0) is 16.7. The van der Waals surface area contributed by atoms with E-state index in [2.05, 4.69) is 5.32 Å². The first kappa shape index (κ1) is 18.1. The van der Waals surface area contributed by atoms with Crippen LogP contribution in [0.5, 0.6) is 0 Å². The topological polar surface area (TPSA) is 55.4 Å². The van der Waals surface area contributed by atoms with E-state index in [1.807, 2.05) is 24.3 Å². The molecule has 1 saturated carbocycles. The maximum absolute atomic E-state index is 12.2. The SMILES string of the molecule is COC(=O)C1(NC(=O)CCSc2ccccc2Cl)CCCCC1. The fourth-order valence-corrected chi connectivity index (χ4v) is 4.06. The minimum absolute atomic E-state index is 0.114. The van der Waals surface area contributed by atoms with E-state index < -0.39 is 5.54 Å². The van der Waals surface area contributed by atoms with E-state index in [0.29, 0.717) is 30.0 Å². The second kappa shape index (κ2) is 8.60. The second-order valence-corrected chi connectivity index (χ2v) is 7.26. The summed E-state index contributed by atoms with van der Waals surface area (Å²) in [6.45, 7) is 0. The Morgan fingerprint density at radius 3 is 2.61 bits per heavy atom. The second-order valence-electron chi connectivity index (χ2n) is 5.71. The van der Waals surface area contributed by atoms with E-state index in [0.717, 1.165) is 24.2 Å². The minimum Gasteiger partial charge on any atom is -0.467 e. The maximum atomic E-state index is 12.2. The van der Waals surface area contributed by atoms with Crippen molar-refractivity contribution in [1.82, 2.24) is 5.32 Å². The van der Waals surface area contributed by atoms with Crippen LogP contribution in [0.3, 0.4) is 0 Å². The van der Waals surface area contributed by atoms with E-state index in [1.54, 1.807) is 11.8 Å². The van der Waals surface area contributed by atoms with Gasteiger partial charge in [0.1, 0.15) is 5.54 Å². The average molecular weight is 356 g/mol. The van der Waals surface area contributed by atoms with Crippen molar-refractivity contribution in [2.75, 3.05) is 12.9 Å². The third-order valence-electron chi connectivity index (χ3n) is 4.09. The highest BCUT2D eigenvalue weighted by molar-refractivity contribution is 7.99. The molecule has 1 aliphatic rings. The minimum atomic E-state index is -0.834. The molecule has 1 fully saturated rings. The number of esters is 1. The highest BCUT2D eigenvalue weighted by Gasteiger charge is 2.41. The standard InChI is InChI=1S/C17H22ClNO3S/c1-22-16(21)17(10-5-2-6-11-17)19-15(20)9-12-23-14-8-4-3-7-13(14)18/h3-4,7-8H,2,5-6,9-12H2,1H3,(H,19,20). The quantitative estimate of drug-likeness (QED) is 0.622. The summed E-state index contributed by atoms with van der Waals surface area (Å²) < 4.78 is 4.91. The van der Waals surface area contributed by atoms with Crippen molar-refractivity contribution in [3.63, 3.8) is 0 Å². The van der Waals surface area contributed by atoms with Crippen molar-refractivity contribution in [2.45, 2.75) is 49.0 Å². The van der Waals surface area contributed by atoms with E-state index >= 15 is 0 Å². The van der Waals surface area contributed by atoms with Crippen molar-refractivity contribution in [3.8, 4) is 0 Å². The molecule has 0 spiro atoms. The fraction of sp³-hybridized carbons (Fsp3) is 0.529. The van der Waals surface area contributed by atoms with Crippen LogP contribution in [0.4, 0.5) is 0 Å². The predicted molar refractivity (Wildman–Crippen MR) is 92.8 cm³/mol. The summed E-state index contributed by atoms with van der Waals surface area (Å²) in [7, 11) is 1.37. The van der Waals surface area contributed by atoms with Crippen molar-refractivity contribution >= 4 is 35.2 Å². The zero-order valence-electron chi connectivity index (χ0n) is 13.3. The number of nitrogens with one attached hydrogen (secondary N) is 1. The molecule has 0 heterocycles. The highest BCUT2D eigenvalue weighted by Crippen LogP contribution is 2.30. The van der Waals surface area contributed by atoms with Gasteiger partial charge in [0.05, 0.1) is 12.1 Å². The largest absolute Gasteiger partial charge is 0.467 e. The van der Waals surface area contributed by atoms with Gasteiger partial charge in [-0.1, -0.05) is 43.0 Å². The summed E-state index contributed by atoms with van der Waals surface area (Å²) in [5, 5.41) is 3.62. The lowest BCUT2D eigenvalue weighted by molar-refractivity contribution is -0.152. The first-order valence-corrected chi connectivity index (χ1v) is 9.20. The van der Waals surface area contributed by atoms with Crippen LogP contribution in [-0.4, -0.2) is 30.3 Å². The van der Waals surface area contributed by atoms with Gasteiger partial charge in [-0.25, -0.2) is 4.79 Å². The predicted octanol–water partition coefficient (Wildman–Crippen LogP) is 3.81. The number of amides is 1. The summed E-state index contributed by atoms with van der Waals surface area (Å²) in [5.74, 6) is 0.175. The molecule has 23 heavy (non-hydrogen) atoms. The number of hydrogen-bond acceptors (Lipinski definition) is 4. The summed E-state index contributed by atoms with van der Waals surface area (Å²) in [6.07, 6.45) is 4.62. The molecule has 6 heteroatoms. The average Bonchev–Trinajstić information content (AvgIpc) is 2.56. The van der Waals surface area contributed by atoms with Crippen LogP contribution in [0.15, 0.2) is 29.2 Å². The molecule has 0 aromatic heterocycles. The molecule has 1 aromatic rings. The zero-order valence-corrected chi connectivity index (χ0v) is 14.8. The molecule has 0 unspecified atom stereocenters. The van der Waals surface area contributed by atoms with Gasteiger partial charge in [0, 0.05) is 17.1 Å². The number of thioether (sulfide) groups is 1. The fourth-order valence-electron chi connectivity index (χ4n) is 2.88. The van der Waals surface area contributed by atoms with Crippen LogP contribution in [0.1, 0.15) is 38.5 Å². The molecular weight excluding hydrogens is 334 g/mol. The number of benzene rings is 1. The van der Waals surface area contributed by atoms with Crippen LogP contribution in [0.2, 0.25) is 5.02 Å². The monoisotopic (exact) mass is 355 g/mol. The molecule has 0 radical (unpaired) electrons. The van der Waals surface area contributed by atoms with Gasteiger partial charge in [-0.15, -0.1) is 11.8 Å². The lowest BCUT2D eigenvalue weighted by atomic mass is 9.81. The van der Waals surface area contributed by atoms with Crippen LogP contribution in [0.25, 0.3) is 0 Å². The Balaban J connectivity index is 1.87. The smallest absolute Gasteiger partial charge is 0.331 e. The molecule has 1 aliphatic carbocycles. The number of carbonyl (C=O) groups excluding carboxylic acids is 2. The van der Waals surface area contributed by atoms with Gasteiger partial charge >= 0.3 is 5.97 Å². The first-order chi connectivity index (χ1) is 11.1. The summed E-state index contributed by atoms with van der Waals surface area (Å²) in [4.78, 5) is 25.3. The Morgan fingerprint density at radius 2 is 1.96 bits per heavy atom. The van der Waals surface area contributed by atoms with Gasteiger partial charge in [0.25, 0.3) is 0 Å². The van der Waals surface area contributed by atoms with Crippen LogP contribution in [0, 0.1) is 0 Å². The Bertz CT molecular complexity index is 559. The van der Waals surface area contributed by atoms with Gasteiger partial charge in [0.15, 0.2) is 0 Å². The van der Waals surface area contributed by atoms with E-state index in [-0.39, 0.29) is 11.9 Å². The number of carbonyl (C=O) groups is 2. The Morgan fingerprint density at radius 1 is 1.26 bits per heavy atom. The van der Waals surface area contributed by atoms with Crippen molar-refractivity contribution in [1.29, 1.82) is 0 Å². The highest BCUT2D eigenvalue weighted by atomic mass is 35.5. The maximum Gasteiger partial charge on any atom is 0.331 e. The van der Waals surface area contributed by atoms with E-state index in [1.165, 1.54) is 7.11 Å². The summed E-state index contributed by atoms with van der Waals surface area (Å²) in [6, 6.07) is 7.56. The molecule has 4 nitrogen and oxygen atoms in total. The van der Waals surface area contributed by atoms with Gasteiger partial charge < -0.3 is 10.1 Å². The molecule has 0 aliphatic heterocycles. The van der Waals surface area contributed by atoms with Crippen LogP contribution in [-0.2, 0) is 14.3 Å². The van der Waals surface area contributed by atoms with Crippen molar-refractivity contribution in [3.05, 3.63) is 29.3 Å². The molecule has 2 rings (SSSR count). The number of hydrogen-bond donors (Lipinski definition) is 1. The summed E-state index contributed by atoms with van der Waals surface area (Å²) in [5.41, 5.74) is -0.834. The lowest BCUT2D eigenvalue weighted by Crippen LogP contribution is -2.56. The Kier molecular flexibility index (Phi) is 6.78. The molecule has 0 bridgehead atoms. The van der Waals surface area contributed by atoms with Gasteiger partial charge in [-0.2, -0.15) is 0 Å². The van der Waals surface area contributed by atoms with Gasteiger partial charge in [0.2, 0.25) is 5.91 Å². The number of ether oxygens (including phenoxy) is 1. The van der Waals surface area contributed by atoms with Crippen LogP contribution < -0.4 is 5.32 Å². The molecular formula is C17H22ClNO3S. The van der Waals surface area contributed by atoms with E-state index in [9.17, 15) is 9.59 Å². The third kappa shape index (κ3) is 4.88. The van der Waals surface area contributed by atoms with Crippen LogP contribution >= 0.6 is 23.4 Å². The van der Waals surface area contributed by atoms with E-state index in [4.69, 9.17) is 16.3 Å². The third-order valence-corrected chi connectivity index (χ3v) is 5.60. The molecule has 0 atom stereocenters. The Hall–Kier alpha value is -1.20. The molecule has 1 amide bonds. The molecule has 0 saturated heterocycles. The van der Waals surface area contributed by atoms with Crippen molar-refractivity contribution < 1.29 is 14.3 Å². The molecule has 126 valence electrons. The molecule has 1 aromatic carbocycles. The van der Waals surface area contributed by atoms with Gasteiger partial charge in [-0.05, 0) is 25.0 Å². The first-order valence-electron chi connectivity index (χ1n) is 7.84. The molecule has 1 N–H and O–H groups in total. The number of rotatable bonds is 6.